The summed E-state index contributed by atoms with van der Waals surface area (Å²) >= 11 is 5.43. The van der Waals surface area contributed by atoms with Gasteiger partial charge in [0.1, 0.15) is 4.64 Å². The molecule has 3 nitrogen and oxygen atoms in total. The van der Waals surface area contributed by atoms with Gasteiger partial charge in [-0.25, -0.2) is 9.66 Å². The van der Waals surface area contributed by atoms with Gasteiger partial charge in [0.05, 0.1) is 0 Å². The monoisotopic (exact) mass is 247 g/mol. The Kier molecular flexibility index (Phi) is 3.74. The molecule has 0 aliphatic carbocycles. The lowest BCUT2D eigenvalue weighted by Crippen LogP contribution is -2.19. The number of nitrogens with one attached hydrogen (secondary N) is 1. The van der Waals surface area contributed by atoms with Crippen LogP contribution in [0.4, 0.5) is 0 Å². The molecule has 0 saturated heterocycles. The van der Waals surface area contributed by atoms with E-state index >= 15 is 0 Å². The van der Waals surface area contributed by atoms with Gasteiger partial charge < -0.3 is 5.43 Å². The molecule has 0 radical (unpaired) electrons. The van der Waals surface area contributed by atoms with Crippen molar-refractivity contribution < 1.29 is 0 Å². The highest BCUT2D eigenvalue weighted by atomic mass is 32.1. The highest BCUT2D eigenvalue weighted by Crippen LogP contribution is 2.14. The van der Waals surface area contributed by atoms with Crippen LogP contribution < -0.4 is 5.43 Å². The van der Waals surface area contributed by atoms with Crippen LogP contribution in [-0.2, 0) is 0 Å². The summed E-state index contributed by atoms with van der Waals surface area (Å²) in [5.41, 5.74) is 5.35. The minimum Gasteiger partial charge on any atom is -0.323 e. The number of aryl methyl sites for hydroxylation is 1. The number of nitrogens with zero attached hydrogens (tertiary/aromatic N) is 2. The maximum absolute atomic E-state index is 5.43. The highest BCUT2D eigenvalue weighted by molar-refractivity contribution is 7.71. The third-order valence-corrected chi connectivity index (χ3v) is 3.25. The highest BCUT2D eigenvalue weighted by Gasteiger charge is 2.03. The fraction of sp³-hybridized carbons (Fsp3) is 0.385. The molecular weight excluding hydrogens is 230 g/mol. The molecule has 0 aromatic carbocycles. The molecule has 2 aromatic rings. The smallest absolute Gasteiger partial charge is 0.159 e. The molecule has 2 aromatic heterocycles. The molecule has 0 aliphatic heterocycles. The normalized spacial score (nSPS) is 10.7. The summed E-state index contributed by atoms with van der Waals surface area (Å²) in [5.74, 6) is 0. The zero-order valence-corrected chi connectivity index (χ0v) is 11.0. The average Bonchev–Trinajstić information content (AvgIpc) is 2.34. The standard InChI is InChI=1S/C13H17N3S/c1-3-4-8-15-16-12-11(6-5-7-14-12)9-10(2)13(16)17/h5-7,9,15H,3-4,8H2,1-2H3. The first-order valence-corrected chi connectivity index (χ1v) is 6.36. The summed E-state index contributed by atoms with van der Waals surface area (Å²) < 4.78 is 2.74. The first-order valence-electron chi connectivity index (χ1n) is 5.95. The van der Waals surface area contributed by atoms with Gasteiger partial charge in [0.2, 0.25) is 0 Å². The number of aromatic nitrogens is 2. The number of hydrogen-bond acceptors (Lipinski definition) is 3. The quantitative estimate of drug-likeness (QED) is 0.663. The van der Waals surface area contributed by atoms with Gasteiger partial charge in [-0.1, -0.05) is 25.6 Å². The third kappa shape index (κ3) is 2.47. The van der Waals surface area contributed by atoms with Gasteiger partial charge in [0.15, 0.2) is 5.65 Å². The van der Waals surface area contributed by atoms with Crippen LogP contribution in [0.1, 0.15) is 25.3 Å². The second-order valence-corrected chi connectivity index (χ2v) is 4.53. The van der Waals surface area contributed by atoms with Gasteiger partial charge in [-0.3, -0.25) is 0 Å². The second kappa shape index (κ2) is 5.27. The number of unbranched alkanes of at least 4 members (excludes halogenated alkanes) is 1. The van der Waals surface area contributed by atoms with Crippen molar-refractivity contribution in [1.82, 2.24) is 9.66 Å². The van der Waals surface area contributed by atoms with Crippen molar-refractivity contribution in [2.24, 2.45) is 0 Å². The molecule has 0 fully saturated rings. The third-order valence-electron chi connectivity index (χ3n) is 2.74. The van der Waals surface area contributed by atoms with Gasteiger partial charge in [-0.2, -0.15) is 0 Å². The summed E-state index contributed by atoms with van der Waals surface area (Å²) in [6, 6.07) is 6.09. The van der Waals surface area contributed by atoms with Crippen molar-refractivity contribution >= 4 is 23.3 Å². The van der Waals surface area contributed by atoms with E-state index in [0.29, 0.717) is 0 Å². The Morgan fingerprint density at radius 3 is 3.06 bits per heavy atom. The van der Waals surface area contributed by atoms with Crippen LogP contribution >= 0.6 is 12.2 Å². The Morgan fingerprint density at radius 1 is 1.47 bits per heavy atom. The molecule has 0 saturated carbocycles. The van der Waals surface area contributed by atoms with E-state index < -0.39 is 0 Å². The number of pyridine rings is 2. The van der Waals surface area contributed by atoms with Gasteiger partial charge >= 0.3 is 0 Å². The zero-order chi connectivity index (χ0) is 12.3. The Hall–Kier alpha value is -1.42. The Balaban J connectivity index is 2.50. The van der Waals surface area contributed by atoms with E-state index in [9.17, 15) is 0 Å². The predicted molar refractivity (Wildman–Crippen MR) is 74.4 cm³/mol. The molecule has 0 unspecified atom stereocenters. The molecular formula is C13H17N3S. The zero-order valence-electron chi connectivity index (χ0n) is 10.2. The minimum absolute atomic E-state index is 0.812. The van der Waals surface area contributed by atoms with Gasteiger partial charge in [0, 0.05) is 18.1 Å². The predicted octanol–water partition coefficient (Wildman–Crippen LogP) is 3.42. The Morgan fingerprint density at radius 2 is 2.29 bits per heavy atom. The van der Waals surface area contributed by atoms with Gasteiger partial charge in [-0.05, 0) is 37.1 Å². The second-order valence-electron chi connectivity index (χ2n) is 4.15. The van der Waals surface area contributed by atoms with Crippen molar-refractivity contribution in [3.8, 4) is 0 Å². The van der Waals surface area contributed by atoms with E-state index in [4.69, 9.17) is 12.2 Å². The molecule has 0 atom stereocenters. The summed E-state index contributed by atoms with van der Waals surface area (Å²) in [6.45, 7) is 5.13. The number of rotatable bonds is 4. The average molecular weight is 247 g/mol. The van der Waals surface area contributed by atoms with Crippen LogP contribution in [0.25, 0.3) is 11.0 Å². The minimum atomic E-state index is 0.812. The van der Waals surface area contributed by atoms with Crippen molar-refractivity contribution in [3.63, 3.8) is 0 Å². The van der Waals surface area contributed by atoms with E-state index in [1.165, 1.54) is 0 Å². The maximum atomic E-state index is 5.43. The van der Waals surface area contributed by atoms with E-state index in [-0.39, 0.29) is 0 Å². The Bertz CT molecular complexity index is 574. The van der Waals surface area contributed by atoms with Crippen LogP contribution in [0.15, 0.2) is 24.4 Å². The Labute approximate surface area is 106 Å². The number of hydrogen-bond donors (Lipinski definition) is 1. The first-order chi connectivity index (χ1) is 8.24. The molecule has 0 spiro atoms. The lowest BCUT2D eigenvalue weighted by atomic mass is 10.2. The van der Waals surface area contributed by atoms with Crippen molar-refractivity contribution in [3.05, 3.63) is 34.6 Å². The van der Waals surface area contributed by atoms with Crippen LogP contribution in [0.3, 0.4) is 0 Å². The van der Waals surface area contributed by atoms with E-state index in [1.54, 1.807) is 6.20 Å². The molecule has 1 N–H and O–H groups in total. The van der Waals surface area contributed by atoms with Crippen molar-refractivity contribution in [1.29, 1.82) is 0 Å². The summed E-state index contributed by atoms with van der Waals surface area (Å²) in [7, 11) is 0. The van der Waals surface area contributed by atoms with E-state index in [0.717, 1.165) is 40.6 Å². The van der Waals surface area contributed by atoms with Crippen LogP contribution in [0.2, 0.25) is 0 Å². The summed E-state index contributed by atoms with van der Waals surface area (Å²) in [5, 5.41) is 1.11. The first kappa shape index (κ1) is 12.0. The molecule has 90 valence electrons. The topological polar surface area (TPSA) is 29.9 Å². The van der Waals surface area contributed by atoms with E-state index in [1.807, 2.05) is 17.7 Å². The maximum Gasteiger partial charge on any atom is 0.159 e. The van der Waals surface area contributed by atoms with E-state index in [2.05, 4.69) is 29.5 Å². The largest absolute Gasteiger partial charge is 0.323 e. The lowest BCUT2D eigenvalue weighted by molar-refractivity contribution is 0.752. The molecule has 0 amide bonds. The molecule has 4 heteroatoms. The van der Waals surface area contributed by atoms with Crippen LogP contribution in [-0.4, -0.2) is 16.2 Å². The van der Waals surface area contributed by atoms with Gasteiger partial charge in [-0.15, -0.1) is 0 Å². The molecule has 2 heterocycles. The lowest BCUT2D eigenvalue weighted by Gasteiger charge is -2.14. The molecule has 2 rings (SSSR count). The fourth-order valence-electron chi connectivity index (χ4n) is 1.79. The fourth-order valence-corrected chi connectivity index (χ4v) is 2.00. The molecule has 0 bridgehead atoms. The van der Waals surface area contributed by atoms with Gasteiger partial charge in [0.25, 0.3) is 0 Å². The summed E-state index contributed by atoms with van der Waals surface area (Å²) in [6.07, 6.45) is 4.09. The summed E-state index contributed by atoms with van der Waals surface area (Å²) in [4.78, 5) is 4.40. The van der Waals surface area contributed by atoms with Crippen LogP contribution in [0.5, 0.6) is 0 Å². The SMILES string of the molecule is CCCCNn1c(=S)c(C)cc2cccnc21. The molecule has 17 heavy (non-hydrogen) atoms. The van der Waals surface area contributed by atoms with Crippen molar-refractivity contribution in [2.45, 2.75) is 26.7 Å². The van der Waals surface area contributed by atoms with Crippen molar-refractivity contribution in [2.75, 3.05) is 12.0 Å². The number of fused-ring (bicyclic) bond motifs is 1. The van der Waals surface area contributed by atoms with Crippen LogP contribution in [0, 0.1) is 11.6 Å². The molecule has 0 aliphatic rings.